The summed E-state index contributed by atoms with van der Waals surface area (Å²) < 4.78 is 0. The molecule has 0 radical (unpaired) electrons. The maximum atomic E-state index is 10.4. The molecule has 0 bridgehead atoms. The molecule has 5 heteroatoms. The van der Waals surface area contributed by atoms with E-state index in [1.54, 1.807) is 6.07 Å². The highest BCUT2D eigenvalue weighted by Gasteiger charge is 2.08. The van der Waals surface area contributed by atoms with Crippen LogP contribution < -0.4 is 5.32 Å². The minimum atomic E-state index is -0.343. The molecular weight excluding hydrogens is 200 g/mol. The van der Waals surface area contributed by atoms with Crippen molar-refractivity contribution in [3.63, 3.8) is 0 Å². The summed E-state index contributed by atoms with van der Waals surface area (Å²) in [6, 6.07) is 2.11. The van der Waals surface area contributed by atoms with Crippen molar-refractivity contribution in [2.45, 2.75) is 26.3 Å². The van der Waals surface area contributed by atoms with E-state index in [1.807, 2.05) is 5.38 Å². The van der Waals surface area contributed by atoms with E-state index in [2.05, 4.69) is 19.2 Å². The summed E-state index contributed by atoms with van der Waals surface area (Å²) in [7, 11) is 0. The van der Waals surface area contributed by atoms with Crippen LogP contribution in [0.1, 0.15) is 19.4 Å². The second-order valence-electron chi connectivity index (χ2n) is 3.41. The molecule has 0 fully saturated rings. The molecule has 0 saturated carbocycles. The molecule has 1 aromatic rings. The van der Waals surface area contributed by atoms with E-state index in [9.17, 15) is 10.1 Å². The third-order valence-electron chi connectivity index (χ3n) is 1.79. The third-order valence-corrected chi connectivity index (χ3v) is 2.72. The summed E-state index contributed by atoms with van der Waals surface area (Å²) in [5.74, 6) is 0. The van der Waals surface area contributed by atoms with Crippen molar-refractivity contribution in [1.82, 2.24) is 5.32 Å². The van der Waals surface area contributed by atoms with Gasteiger partial charge >= 0.3 is 5.00 Å². The van der Waals surface area contributed by atoms with Crippen molar-refractivity contribution in [2.24, 2.45) is 0 Å². The number of hydrogen-bond acceptors (Lipinski definition) is 4. The molecule has 0 aliphatic heterocycles. The molecule has 4 nitrogen and oxygen atoms in total. The quantitative estimate of drug-likeness (QED) is 0.604. The van der Waals surface area contributed by atoms with Crippen molar-refractivity contribution in [3.8, 4) is 0 Å². The van der Waals surface area contributed by atoms with E-state index in [1.165, 1.54) is 11.3 Å². The van der Waals surface area contributed by atoms with Crippen molar-refractivity contribution >= 4 is 16.3 Å². The lowest BCUT2D eigenvalue weighted by Crippen LogP contribution is -2.24. The Balaban J connectivity index is 2.40. The largest absolute Gasteiger partial charge is 0.324 e. The van der Waals surface area contributed by atoms with Gasteiger partial charge in [-0.1, -0.05) is 25.2 Å². The molecule has 0 amide bonds. The smallest absolute Gasteiger partial charge is 0.314 e. The van der Waals surface area contributed by atoms with Gasteiger partial charge in [0.2, 0.25) is 0 Å². The topological polar surface area (TPSA) is 55.2 Å². The van der Waals surface area contributed by atoms with Crippen LogP contribution in [0.15, 0.2) is 11.4 Å². The van der Waals surface area contributed by atoms with Gasteiger partial charge < -0.3 is 5.32 Å². The highest BCUT2D eigenvalue weighted by molar-refractivity contribution is 7.13. The Bertz CT molecular complexity index is 310. The molecule has 0 aromatic carbocycles. The van der Waals surface area contributed by atoms with Crippen LogP contribution in [0.4, 0.5) is 5.00 Å². The van der Waals surface area contributed by atoms with Crippen LogP contribution in [-0.4, -0.2) is 17.5 Å². The summed E-state index contributed by atoms with van der Waals surface area (Å²) in [6.07, 6.45) is 0.850. The van der Waals surface area contributed by atoms with Crippen LogP contribution in [0, 0.1) is 10.1 Å². The number of hydrogen-bond donors (Lipinski definition) is 1. The number of rotatable bonds is 5. The molecule has 1 N–H and O–H groups in total. The number of nitro groups is 1. The monoisotopic (exact) mass is 214 g/mol. The summed E-state index contributed by atoms with van der Waals surface area (Å²) in [5.41, 5.74) is 1.04. The van der Waals surface area contributed by atoms with Gasteiger partial charge in [0.1, 0.15) is 0 Å². The van der Waals surface area contributed by atoms with Crippen LogP contribution in [0.25, 0.3) is 0 Å². The highest BCUT2D eigenvalue weighted by atomic mass is 32.1. The first-order valence-corrected chi connectivity index (χ1v) is 5.42. The van der Waals surface area contributed by atoms with Crippen LogP contribution >= 0.6 is 11.3 Å². The van der Waals surface area contributed by atoms with E-state index < -0.39 is 0 Å². The summed E-state index contributed by atoms with van der Waals surface area (Å²) in [5, 5.41) is 15.7. The second kappa shape index (κ2) is 5.07. The van der Waals surface area contributed by atoms with Crippen LogP contribution in [0.5, 0.6) is 0 Å². The van der Waals surface area contributed by atoms with Gasteiger partial charge in [-0.05, 0) is 18.5 Å². The molecule has 1 heterocycles. The van der Waals surface area contributed by atoms with Crippen molar-refractivity contribution < 1.29 is 4.92 Å². The molecule has 0 saturated heterocycles. The second-order valence-corrected chi connectivity index (χ2v) is 4.30. The van der Waals surface area contributed by atoms with Crippen molar-refractivity contribution in [2.75, 3.05) is 6.54 Å². The molecule has 14 heavy (non-hydrogen) atoms. The fraction of sp³-hybridized carbons (Fsp3) is 0.556. The van der Waals surface area contributed by atoms with Gasteiger partial charge in [-0.3, -0.25) is 10.1 Å². The third kappa shape index (κ3) is 3.43. The first kappa shape index (κ1) is 11.1. The standard InChI is InChI=1S/C9H14N2O2S/c1-7(2)10-4-3-8-5-9(11(12)13)14-6-8/h5-7,10H,3-4H2,1-2H3. The molecule has 0 unspecified atom stereocenters. The molecule has 0 aliphatic carbocycles. The van der Waals surface area contributed by atoms with Crippen LogP contribution in [0.3, 0.4) is 0 Å². The van der Waals surface area contributed by atoms with Crippen LogP contribution in [0.2, 0.25) is 0 Å². The first-order chi connectivity index (χ1) is 6.59. The molecule has 0 atom stereocenters. The Morgan fingerprint density at radius 1 is 1.64 bits per heavy atom. The number of thiophene rings is 1. The van der Waals surface area contributed by atoms with Gasteiger partial charge in [0, 0.05) is 17.5 Å². The predicted molar refractivity (Wildman–Crippen MR) is 57.8 cm³/mol. The minimum absolute atomic E-state index is 0.226. The first-order valence-electron chi connectivity index (χ1n) is 4.55. The maximum Gasteiger partial charge on any atom is 0.324 e. The van der Waals surface area contributed by atoms with Gasteiger partial charge in [0.15, 0.2) is 0 Å². The number of nitrogens with zero attached hydrogens (tertiary/aromatic N) is 1. The normalized spacial score (nSPS) is 10.8. The SMILES string of the molecule is CC(C)NCCc1csc([N+](=O)[O-])c1. The predicted octanol–water partition coefficient (Wildman–Crippen LogP) is 2.20. The van der Waals surface area contributed by atoms with Gasteiger partial charge in [-0.25, -0.2) is 0 Å². The average Bonchev–Trinajstić information content (AvgIpc) is 2.52. The van der Waals surface area contributed by atoms with E-state index in [4.69, 9.17) is 0 Å². The molecule has 1 aromatic heterocycles. The van der Waals surface area contributed by atoms with Gasteiger partial charge in [-0.2, -0.15) is 0 Å². The van der Waals surface area contributed by atoms with E-state index in [-0.39, 0.29) is 9.92 Å². The van der Waals surface area contributed by atoms with Crippen LogP contribution in [-0.2, 0) is 6.42 Å². The fourth-order valence-electron chi connectivity index (χ4n) is 1.09. The zero-order chi connectivity index (χ0) is 10.6. The zero-order valence-corrected chi connectivity index (χ0v) is 9.13. The summed E-state index contributed by atoms with van der Waals surface area (Å²) in [6.45, 7) is 5.03. The summed E-state index contributed by atoms with van der Waals surface area (Å²) >= 11 is 1.19. The lowest BCUT2D eigenvalue weighted by Gasteiger charge is -2.05. The molecule has 0 aliphatic rings. The van der Waals surface area contributed by atoms with Crippen molar-refractivity contribution in [1.29, 1.82) is 0 Å². The highest BCUT2D eigenvalue weighted by Crippen LogP contribution is 2.22. The average molecular weight is 214 g/mol. The fourth-order valence-corrected chi connectivity index (χ4v) is 1.86. The van der Waals surface area contributed by atoms with E-state index in [0.29, 0.717) is 6.04 Å². The zero-order valence-electron chi connectivity index (χ0n) is 8.32. The van der Waals surface area contributed by atoms with Gasteiger partial charge in [0.05, 0.1) is 4.92 Å². The molecular formula is C9H14N2O2S. The minimum Gasteiger partial charge on any atom is -0.314 e. The van der Waals surface area contributed by atoms with Gasteiger partial charge in [0.25, 0.3) is 0 Å². The van der Waals surface area contributed by atoms with Crippen molar-refractivity contribution in [3.05, 3.63) is 27.1 Å². The van der Waals surface area contributed by atoms with E-state index >= 15 is 0 Å². The lowest BCUT2D eigenvalue weighted by molar-refractivity contribution is -0.380. The lowest BCUT2D eigenvalue weighted by atomic mass is 10.2. The Hall–Kier alpha value is -0.940. The van der Waals surface area contributed by atoms with Gasteiger partial charge in [-0.15, -0.1) is 0 Å². The Labute approximate surface area is 87.1 Å². The Morgan fingerprint density at radius 2 is 2.36 bits per heavy atom. The summed E-state index contributed by atoms with van der Waals surface area (Å²) in [4.78, 5) is 10.1. The number of nitrogens with one attached hydrogen (secondary N) is 1. The Morgan fingerprint density at radius 3 is 2.86 bits per heavy atom. The molecule has 78 valence electrons. The maximum absolute atomic E-state index is 10.4. The van der Waals surface area contributed by atoms with E-state index in [0.717, 1.165) is 18.5 Å². The molecule has 0 spiro atoms. The Kier molecular flexibility index (Phi) is 4.03. The molecule has 1 rings (SSSR count).